The number of nitrogens with zero attached hydrogens (tertiary/aromatic N) is 9. The van der Waals surface area contributed by atoms with Crippen LogP contribution in [-0.2, 0) is 14.2 Å². The molecule has 0 bridgehead atoms. The van der Waals surface area contributed by atoms with Gasteiger partial charge < -0.3 is 33.2 Å². The van der Waals surface area contributed by atoms with Crippen molar-refractivity contribution in [2.45, 2.75) is 157 Å². The van der Waals surface area contributed by atoms with E-state index in [4.69, 9.17) is 80.9 Å². The third kappa shape index (κ3) is 22.4. The molecule has 7 aromatic heterocycles. The highest BCUT2D eigenvalue weighted by Crippen LogP contribution is 2.36. The molecule has 0 aliphatic heterocycles. The monoisotopic (exact) mass is 1260 g/mol. The molecule has 0 aromatic carbocycles. The number of alkyl halides is 1. The van der Waals surface area contributed by atoms with Gasteiger partial charge in [-0.05, 0) is 148 Å². The minimum atomic E-state index is -1.00. The van der Waals surface area contributed by atoms with Gasteiger partial charge in [-0.15, -0.1) is 10.2 Å². The van der Waals surface area contributed by atoms with E-state index >= 15 is 0 Å². The van der Waals surface area contributed by atoms with E-state index < -0.39 is 41.9 Å². The lowest BCUT2D eigenvalue weighted by Crippen LogP contribution is -2.24. The summed E-state index contributed by atoms with van der Waals surface area (Å²) in [5, 5.41) is 22.2. The van der Waals surface area contributed by atoms with E-state index in [1.807, 2.05) is 12.1 Å². The third-order valence-electron chi connectivity index (χ3n) is 12.1. The summed E-state index contributed by atoms with van der Waals surface area (Å²) in [5.41, 5.74) is -1.06. The lowest BCUT2D eigenvalue weighted by atomic mass is 10.2. The number of aromatic nitrogens is 11. The molecule has 85 heavy (non-hydrogen) atoms. The summed E-state index contributed by atoms with van der Waals surface area (Å²) in [5.74, 6) is 4.80. The predicted octanol–water partition coefficient (Wildman–Crippen LogP) is 13.6. The number of esters is 3. The van der Waals surface area contributed by atoms with Crippen molar-refractivity contribution in [3.05, 3.63) is 123 Å². The van der Waals surface area contributed by atoms with Crippen LogP contribution in [0.3, 0.4) is 0 Å². The summed E-state index contributed by atoms with van der Waals surface area (Å²) >= 11 is 23.6. The Morgan fingerprint density at radius 2 is 0.812 bits per heavy atom. The second-order valence-corrected chi connectivity index (χ2v) is 25.0. The molecule has 0 radical (unpaired) electrons. The van der Waals surface area contributed by atoms with Crippen molar-refractivity contribution in [3.8, 4) is 35.2 Å². The van der Waals surface area contributed by atoms with Crippen LogP contribution in [0.15, 0.2) is 85.5 Å². The van der Waals surface area contributed by atoms with Crippen LogP contribution in [0.25, 0.3) is 11.6 Å². The van der Waals surface area contributed by atoms with Gasteiger partial charge >= 0.3 is 17.9 Å². The first-order valence-corrected chi connectivity index (χ1v) is 28.9. The van der Waals surface area contributed by atoms with Crippen molar-refractivity contribution in [3.63, 3.8) is 0 Å². The van der Waals surface area contributed by atoms with E-state index in [-0.39, 0.29) is 49.5 Å². The molecule has 0 amide bonds. The highest BCUT2D eigenvalue weighted by molar-refractivity contribution is 6.34. The Balaban J connectivity index is 0.000000177. The fourth-order valence-electron chi connectivity index (χ4n) is 7.03. The Morgan fingerprint density at radius 3 is 1.08 bits per heavy atom. The largest absolute Gasteiger partial charge is 0.474 e. The Morgan fingerprint density at radius 1 is 0.506 bits per heavy atom. The average molecular weight is 1260 g/mol. The minimum absolute atomic E-state index is 0.0525. The first-order valence-electron chi connectivity index (χ1n) is 28.1. The molecule has 4 aliphatic carbocycles. The molecule has 8 atom stereocenters. The molecular formula is C59H74Cl4FN11O10. The first kappa shape index (κ1) is 65.5. The van der Waals surface area contributed by atoms with Crippen molar-refractivity contribution in [2.75, 3.05) is 7.15 Å². The topological polar surface area (TPSA) is 247 Å². The van der Waals surface area contributed by atoms with Gasteiger partial charge in [0.25, 0.3) is 0 Å². The maximum atomic E-state index is 12.1. The maximum absolute atomic E-state index is 12.1. The normalized spacial score (nSPS) is 20.5. The van der Waals surface area contributed by atoms with Crippen LogP contribution in [0.4, 0.5) is 4.39 Å². The maximum Gasteiger partial charge on any atom is 0.341 e. The molecular weight excluding hydrogens is 1180 g/mol. The number of hydrogen-bond acceptors (Lipinski definition) is 17. The van der Waals surface area contributed by atoms with E-state index in [1.165, 1.54) is 25.0 Å². The summed E-state index contributed by atoms with van der Waals surface area (Å²) < 4.78 is 56.7. The molecule has 0 saturated heterocycles. The molecule has 460 valence electrons. The lowest BCUT2D eigenvalue weighted by Gasteiger charge is -2.19. The highest BCUT2D eigenvalue weighted by atomic mass is 35.5. The molecule has 11 rings (SSSR count). The van der Waals surface area contributed by atoms with Gasteiger partial charge in [0.05, 0.1) is 37.6 Å². The molecule has 4 fully saturated rings. The van der Waals surface area contributed by atoms with Crippen molar-refractivity contribution in [1.29, 1.82) is 0 Å². The van der Waals surface area contributed by atoms with Gasteiger partial charge in [-0.25, -0.2) is 48.9 Å². The number of nitrogens with one attached hydrogen (secondary N) is 2. The Labute approximate surface area is 515 Å². The van der Waals surface area contributed by atoms with Gasteiger partial charge in [-0.1, -0.05) is 74.1 Å². The van der Waals surface area contributed by atoms with E-state index in [1.54, 1.807) is 133 Å². The fourth-order valence-corrected chi connectivity index (χ4v) is 7.91. The number of aromatic amines is 2. The van der Waals surface area contributed by atoms with E-state index in [9.17, 15) is 18.8 Å². The number of hydrogen-bond donors (Lipinski definition) is 2. The van der Waals surface area contributed by atoms with Gasteiger partial charge in [-0.2, -0.15) is 10.2 Å². The third-order valence-corrected chi connectivity index (χ3v) is 13.2. The fraction of sp³-hybridized carbons (Fsp3) is 0.492. The number of H-pyrrole nitrogens is 2. The van der Waals surface area contributed by atoms with Crippen molar-refractivity contribution in [2.24, 2.45) is 23.7 Å². The standard InChI is InChI=1S/2C17H20ClN3O3.C10H11Cl2NO2.2C7H10N2O.CH3F/c2*1-10-9-12(10)23-14-7-8-21(20-14)13-6-5-11(15(18)19-13)16(22)24-17(2,3)4;1-10(2,3)15-9(14)6-4-5-7(11)13-8(6)12;2*1-5-4-6(5)10-7-2-3-8-9-7;1-2/h2*5-8,10,12H,9H2,1-4H3;4-5H,1-3H3;2*2-3,5-6H,4H2,1H3,(H,8,9);1H3/t2*10-,12-;;2*5-,6-;/m10.10./s1/i;;;;;1D. The molecule has 21 nitrogen and oxygen atoms in total. The summed E-state index contributed by atoms with van der Waals surface area (Å²) in [4.78, 5) is 48.0. The summed E-state index contributed by atoms with van der Waals surface area (Å²) in [6.07, 6.45) is 12.7. The zero-order chi connectivity index (χ0) is 63.3. The van der Waals surface area contributed by atoms with Gasteiger partial charge in [0.2, 0.25) is 23.5 Å². The quantitative estimate of drug-likeness (QED) is 0.0619. The molecule has 0 unspecified atom stereocenters. The summed E-state index contributed by atoms with van der Waals surface area (Å²) in [6.45, 7) is 24.8. The number of pyridine rings is 3. The van der Waals surface area contributed by atoms with Crippen LogP contribution in [0.1, 0.15) is 148 Å². The predicted molar refractivity (Wildman–Crippen MR) is 319 cm³/mol. The van der Waals surface area contributed by atoms with Crippen LogP contribution in [-0.4, -0.2) is 121 Å². The van der Waals surface area contributed by atoms with Crippen molar-refractivity contribution < 1.29 is 53.3 Å². The van der Waals surface area contributed by atoms with Gasteiger partial charge in [0.1, 0.15) is 61.8 Å². The molecule has 0 spiro atoms. The van der Waals surface area contributed by atoms with Crippen LogP contribution in [0.5, 0.6) is 23.5 Å². The number of carbonyl (C=O) groups excluding carboxylic acids is 3. The molecule has 7 heterocycles. The number of rotatable bonds is 13. The van der Waals surface area contributed by atoms with Crippen molar-refractivity contribution in [1.82, 2.24) is 54.9 Å². The van der Waals surface area contributed by atoms with Crippen LogP contribution >= 0.6 is 46.4 Å². The number of carbonyl (C=O) groups is 3. The second kappa shape index (κ2) is 29.4. The Kier molecular flexibility index (Phi) is 22.7. The van der Waals surface area contributed by atoms with Crippen LogP contribution < -0.4 is 18.9 Å². The van der Waals surface area contributed by atoms with E-state index in [0.29, 0.717) is 47.4 Å². The Bertz CT molecular complexity index is 3140. The van der Waals surface area contributed by atoms with Crippen LogP contribution in [0, 0.1) is 23.7 Å². The van der Waals surface area contributed by atoms with E-state index in [0.717, 1.165) is 36.4 Å². The highest BCUT2D eigenvalue weighted by Gasteiger charge is 2.38. The van der Waals surface area contributed by atoms with E-state index in [2.05, 4.69) is 73.2 Å². The van der Waals surface area contributed by atoms with Gasteiger partial charge in [0, 0.05) is 36.7 Å². The zero-order valence-electron chi connectivity index (χ0n) is 50.7. The Hall–Kier alpha value is -7.01. The summed E-state index contributed by atoms with van der Waals surface area (Å²) in [6, 6.07) is 16.7. The SMILES string of the molecule is CC(C)(C)OC(=O)c1ccc(Cl)nc1Cl.C[C@@H]1C[C@H]1Oc1ccn(-c2ccc(C(=O)OC(C)(C)C)c(Cl)n2)n1.C[C@@H]1C[C@H]1Oc1ccn[nH]1.C[C@H]1C[C@@H]1Oc1ccn(-c2ccc(C(=O)OC(C)(C)C)c(Cl)n2)n1.C[C@H]1C[C@@H]1Oc1ccn[nH]1.[2H]CF. The number of ether oxygens (including phenoxy) is 7. The second-order valence-electron chi connectivity index (χ2n) is 23.5. The smallest absolute Gasteiger partial charge is 0.341 e. The molecule has 4 saturated carbocycles. The minimum Gasteiger partial charge on any atom is -0.474 e. The zero-order valence-corrected chi connectivity index (χ0v) is 52.8. The van der Waals surface area contributed by atoms with Gasteiger partial charge in [0.15, 0.2) is 11.6 Å². The molecule has 2 N–H and O–H groups in total. The number of halogens is 5. The average Bonchev–Trinajstić information content (AvgIpc) is 3.94. The summed E-state index contributed by atoms with van der Waals surface area (Å²) in [7, 11) is -1.00. The van der Waals surface area contributed by atoms with Crippen LogP contribution in [0.2, 0.25) is 20.6 Å². The van der Waals surface area contributed by atoms with Crippen molar-refractivity contribution >= 4 is 64.3 Å². The van der Waals surface area contributed by atoms with Gasteiger partial charge in [-0.3, -0.25) is 4.39 Å². The molecule has 4 aliphatic rings. The lowest BCUT2D eigenvalue weighted by molar-refractivity contribution is 0.00566. The molecule has 7 aromatic rings. The first-order chi connectivity index (χ1) is 40.4. The molecule has 26 heteroatoms.